The van der Waals surface area contributed by atoms with Gasteiger partial charge in [-0.15, -0.1) is 0 Å². The first-order chi connectivity index (χ1) is 38.9. The maximum Gasteiger partial charge on any atom is 0.396 e. The maximum absolute atomic E-state index is 15.1. The normalized spacial score (nSPS) is 20.9. The van der Waals surface area contributed by atoms with Gasteiger partial charge in [-0.2, -0.15) is 0 Å². The summed E-state index contributed by atoms with van der Waals surface area (Å²) < 4.78 is 14.7. The lowest BCUT2D eigenvalue weighted by atomic mass is 9.79. The minimum atomic E-state index is -5.13. The summed E-state index contributed by atoms with van der Waals surface area (Å²) in [5.74, 6) is -4.54. The standard InChI is InChI=1S/C57H66ClN10O13P/c1-30(2)34-11-12-36(39(58)26-34)28-60-50(71)41(16-20-48(59)69)62-52(73)45-18-14-38-22-23-66(29-43(55(76)67(38)45)63-51(72)42-27-37-25-35(13-15-40(37)61-42)56(77)82(79,80)81)54(75)33-9-6-31(7-10-33)4-5-32-8-17-44-47(24-32)65(3)57(78)68(44)46-19-21-49(70)64-53(46)74/h8,11-15,17,24-27,30-31,33,41,43,45-46,61H,4-7,9-10,16,18-23,28-29H2,1-3H3,(H2,59,69)(H,60,71)(H,62,73)(H,63,72)(H,64,70,74)(H2,79,80,81)/t31?,33?,41-,43-,45-,46?/m0/s1. The number of nitrogens with two attached hydrogens (primary N) is 1. The fourth-order valence-corrected chi connectivity index (χ4v) is 12.3. The van der Waals surface area contributed by atoms with Crippen LogP contribution in [-0.2, 0) is 58.1 Å². The van der Waals surface area contributed by atoms with Crippen LogP contribution in [0.2, 0.25) is 5.02 Å². The van der Waals surface area contributed by atoms with E-state index in [0.717, 1.165) is 30.4 Å². The van der Waals surface area contributed by atoms with Crippen LogP contribution in [0.5, 0.6) is 0 Å². The number of nitrogens with zero attached hydrogens (tertiary/aromatic N) is 4. The van der Waals surface area contributed by atoms with Gasteiger partial charge in [0.25, 0.3) is 17.3 Å². The van der Waals surface area contributed by atoms with Crippen molar-refractivity contribution in [3.8, 4) is 0 Å². The number of hydrogen-bond donors (Lipinski definition) is 8. The molecule has 2 saturated heterocycles. The molecule has 0 spiro atoms. The van der Waals surface area contributed by atoms with Gasteiger partial charge in [-0.25, -0.2) is 4.79 Å². The first kappa shape index (κ1) is 58.9. The molecule has 9 N–H and O–H groups in total. The van der Waals surface area contributed by atoms with Gasteiger partial charge in [0.2, 0.25) is 35.4 Å². The van der Waals surface area contributed by atoms with Gasteiger partial charge < -0.3 is 46.3 Å². The number of aryl methyl sites for hydroxylation is 2. The fourth-order valence-electron chi connectivity index (χ4n) is 11.6. The van der Waals surface area contributed by atoms with E-state index in [1.165, 1.54) is 38.3 Å². The number of aromatic amines is 1. The van der Waals surface area contributed by atoms with Crippen molar-refractivity contribution in [2.24, 2.45) is 24.6 Å². The van der Waals surface area contributed by atoms with Crippen LogP contribution in [0.3, 0.4) is 0 Å². The average molecular weight is 1170 g/mol. The molecule has 2 aromatic heterocycles. The minimum Gasteiger partial charge on any atom is -0.370 e. The van der Waals surface area contributed by atoms with Crippen LogP contribution < -0.4 is 32.7 Å². The molecule has 4 aliphatic rings. The third-order valence-electron chi connectivity index (χ3n) is 16.3. The average Bonchev–Trinajstić information content (AvgIpc) is 4.32. The van der Waals surface area contributed by atoms with Gasteiger partial charge in [-0.05, 0) is 129 Å². The van der Waals surface area contributed by atoms with E-state index in [1.54, 1.807) is 24.1 Å². The lowest BCUT2D eigenvalue weighted by Gasteiger charge is -2.39. The number of amides is 8. The van der Waals surface area contributed by atoms with E-state index >= 15 is 4.79 Å². The second kappa shape index (κ2) is 24.4. The molecule has 9 rings (SSSR count). The number of rotatable bonds is 18. The molecule has 5 aromatic rings. The van der Waals surface area contributed by atoms with Crippen LogP contribution in [0, 0.1) is 11.8 Å². The summed E-state index contributed by atoms with van der Waals surface area (Å²) in [7, 11) is -3.48. The molecule has 8 amide bonds. The van der Waals surface area contributed by atoms with E-state index < -0.39 is 78.6 Å². The van der Waals surface area contributed by atoms with Gasteiger partial charge in [-0.3, -0.25) is 62.2 Å². The van der Waals surface area contributed by atoms with E-state index in [9.17, 15) is 57.5 Å². The zero-order valence-electron chi connectivity index (χ0n) is 45.6. The number of piperidine rings is 1. The Morgan fingerprint density at radius 2 is 1.66 bits per heavy atom. The molecule has 3 aromatic carbocycles. The Morgan fingerprint density at radius 3 is 2.35 bits per heavy atom. The lowest BCUT2D eigenvalue weighted by molar-refractivity contribution is -0.144. The van der Waals surface area contributed by atoms with Gasteiger partial charge >= 0.3 is 13.3 Å². The van der Waals surface area contributed by atoms with Gasteiger partial charge in [0.1, 0.15) is 29.9 Å². The van der Waals surface area contributed by atoms with Gasteiger partial charge in [-0.1, -0.05) is 49.7 Å². The molecule has 5 heterocycles. The Balaban J connectivity index is 0.895. The number of halogens is 1. The summed E-state index contributed by atoms with van der Waals surface area (Å²) in [6.45, 7) is 3.90. The number of aromatic nitrogens is 3. The van der Waals surface area contributed by atoms with Crippen molar-refractivity contribution in [3.05, 3.63) is 116 Å². The van der Waals surface area contributed by atoms with E-state index in [2.05, 4.69) is 26.3 Å². The van der Waals surface area contributed by atoms with Crippen molar-refractivity contribution >= 4 is 93.9 Å². The smallest absolute Gasteiger partial charge is 0.370 e. The quantitative estimate of drug-likeness (QED) is 0.0451. The number of benzene rings is 3. The Kier molecular flexibility index (Phi) is 17.5. The largest absolute Gasteiger partial charge is 0.396 e. The van der Waals surface area contributed by atoms with Crippen molar-refractivity contribution in [2.75, 3.05) is 13.1 Å². The number of nitrogens with one attached hydrogen (secondary N) is 5. The highest BCUT2D eigenvalue weighted by molar-refractivity contribution is 7.70. The zero-order chi connectivity index (χ0) is 58.9. The number of H-pyrrole nitrogens is 1. The second-order valence-corrected chi connectivity index (χ2v) is 24.0. The summed E-state index contributed by atoms with van der Waals surface area (Å²) in [4.78, 5) is 159. The summed E-state index contributed by atoms with van der Waals surface area (Å²) in [5.41, 5.74) is 8.00. The highest BCUT2D eigenvalue weighted by Gasteiger charge is 2.44. The van der Waals surface area contributed by atoms with Gasteiger partial charge in [0.05, 0.1) is 11.0 Å². The fraction of sp³-hybridized carbons (Fsp3) is 0.439. The SMILES string of the molecule is CC(C)c1ccc(CNC(=O)[C@H](CCC(N)=O)NC(=O)[C@@H]2CC=C3CCN(C(=O)C4CCC(CCc5ccc6c(c5)n(C)c(=O)n6C5CCC(=O)NC5=O)CC4)C[C@H](NC(=O)c4cc5cc(C(=O)P(=O)(O)O)ccc5[nH]4)C(=O)N32)c(Cl)c1. The Bertz CT molecular complexity index is 3570. The summed E-state index contributed by atoms with van der Waals surface area (Å²) >= 11 is 6.55. The molecule has 4 atom stereocenters. The van der Waals surface area contributed by atoms with Crippen molar-refractivity contribution in [2.45, 2.75) is 128 Å². The molecule has 1 unspecified atom stereocenters. The second-order valence-electron chi connectivity index (χ2n) is 22.1. The number of primary amides is 1. The summed E-state index contributed by atoms with van der Waals surface area (Å²) in [5, 5.41) is 11.3. The van der Waals surface area contributed by atoms with Crippen molar-refractivity contribution in [1.82, 2.24) is 45.2 Å². The molecule has 434 valence electrons. The molecule has 1 aliphatic carbocycles. The van der Waals surface area contributed by atoms with Crippen molar-refractivity contribution in [3.63, 3.8) is 0 Å². The van der Waals surface area contributed by atoms with Crippen molar-refractivity contribution < 1.29 is 57.5 Å². The molecule has 1 saturated carbocycles. The molecule has 23 nitrogen and oxygen atoms in total. The molecule has 0 radical (unpaired) electrons. The predicted octanol–water partition coefficient (Wildman–Crippen LogP) is 4.22. The van der Waals surface area contributed by atoms with E-state index in [1.807, 2.05) is 44.2 Å². The van der Waals surface area contributed by atoms with Crippen LogP contribution in [0.15, 0.2) is 77.2 Å². The summed E-state index contributed by atoms with van der Waals surface area (Å²) in [6, 6.07) is 11.7. The third kappa shape index (κ3) is 12.8. The molecule has 3 fully saturated rings. The molecule has 0 bridgehead atoms. The molecule has 25 heteroatoms. The van der Waals surface area contributed by atoms with E-state index in [0.29, 0.717) is 52.1 Å². The maximum atomic E-state index is 15.1. The summed E-state index contributed by atoms with van der Waals surface area (Å²) in [6.07, 6.45) is 5.98. The minimum absolute atomic E-state index is 0.00969. The number of hydrogen-bond acceptors (Lipinski definition) is 11. The molecular weight excluding hydrogens is 1100 g/mol. The molecule has 3 aliphatic heterocycles. The third-order valence-corrected chi connectivity index (χ3v) is 17.4. The van der Waals surface area contributed by atoms with Crippen LogP contribution >= 0.6 is 19.2 Å². The van der Waals surface area contributed by atoms with Gasteiger partial charge in [0, 0.05) is 79.0 Å². The Hall–Kier alpha value is -7.72. The number of imide groups is 1. The molecule has 82 heavy (non-hydrogen) atoms. The van der Waals surface area contributed by atoms with Crippen LogP contribution in [0.1, 0.15) is 134 Å². The number of fused-ring (bicyclic) bond motifs is 3. The monoisotopic (exact) mass is 1160 g/mol. The highest BCUT2D eigenvalue weighted by Crippen LogP contribution is 2.40. The first-order valence-electron chi connectivity index (χ1n) is 27.5. The Labute approximate surface area is 475 Å². The van der Waals surface area contributed by atoms with Crippen LogP contribution in [-0.4, -0.2) is 118 Å². The van der Waals surface area contributed by atoms with Crippen LogP contribution in [0.4, 0.5) is 0 Å². The molecular formula is C57H66ClN10O13P. The lowest BCUT2D eigenvalue weighted by Crippen LogP contribution is -2.60. The highest BCUT2D eigenvalue weighted by atomic mass is 35.5. The van der Waals surface area contributed by atoms with E-state index in [4.69, 9.17) is 17.3 Å². The van der Waals surface area contributed by atoms with Gasteiger partial charge in [0.15, 0.2) is 0 Å². The Morgan fingerprint density at radius 1 is 0.902 bits per heavy atom. The van der Waals surface area contributed by atoms with E-state index in [-0.39, 0.29) is 104 Å². The number of carbonyl (C=O) groups is 9. The predicted molar refractivity (Wildman–Crippen MR) is 301 cm³/mol. The number of carbonyl (C=O) groups excluding carboxylic acids is 9. The topological polar surface area (TPSA) is 335 Å². The number of imidazole rings is 1. The zero-order valence-corrected chi connectivity index (χ0v) is 47.2. The van der Waals surface area contributed by atoms with Crippen molar-refractivity contribution in [1.29, 1.82) is 0 Å². The van der Waals surface area contributed by atoms with Crippen LogP contribution in [0.25, 0.3) is 21.9 Å². The first-order valence-corrected chi connectivity index (χ1v) is 29.5.